The van der Waals surface area contributed by atoms with E-state index in [4.69, 9.17) is 0 Å². The van der Waals surface area contributed by atoms with E-state index in [9.17, 15) is 0 Å². The molecule has 0 aromatic heterocycles. The Hall–Kier alpha value is -1.37. The van der Waals surface area contributed by atoms with E-state index in [0.29, 0.717) is 5.92 Å². The van der Waals surface area contributed by atoms with Crippen LogP contribution in [-0.4, -0.2) is 6.72 Å². The summed E-state index contributed by atoms with van der Waals surface area (Å²) in [4.78, 5) is 3.98. The maximum absolute atomic E-state index is 3.98. The van der Waals surface area contributed by atoms with Gasteiger partial charge in [-0.1, -0.05) is 37.3 Å². The Bertz CT molecular complexity index is 326. The van der Waals surface area contributed by atoms with E-state index in [0.717, 1.165) is 11.3 Å². The van der Waals surface area contributed by atoms with Crippen molar-refractivity contribution in [2.45, 2.75) is 19.8 Å². The predicted molar refractivity (Wildman–Crippen MR) is 58.9 cm³/mol. The summed E-state index contributed by atoms with van der Waals surface area (Å²) in [5.41, 5.74) is 3.30. The lowest BCUT2D eigenvalue weighted by atomic mass is 9.94. The average molecular weight is 173 g/mol. The summed E-state index contributed by atoms with van der Waals surface area (Å²) in [6, 6.07) is 8.03. The zero-order valence-corrected chi connectivity index (χ0v) is 8.25. The van der Waals surface area contributed by atoms with Crippen molar-refractivity contribution >= 4 is 12.4 Å². The van der Waals surface area contributed by atoms with Crippen LogP contribution in [0.25, 0.3) is 0 Å². The fraction of sp³-hybridized carbons (Fsp3) is 0.250. The van der Waals surface area contributed by atoms with Gasteiger partial charge in [-0.05, 0) is 25.3 Å². The minimum atomic E-state index is 0.349. The van der Waals surface area contributed by atoms with Gasteiger partial charge in [-0.15, -0.1) is 0 Å². The summed E-state index contributed by atoms with van der Waals surface area (Å²) in [6.45, 7) is 11.7. The first-order valence-corrected chi connectivity index (χ1v) is 4.38. The van der Waals surface area contributed by atoms with E-state index in [2.05, 4.69) is 31.3 Å². The number of aliphatic imine (C=N–C) groups is 1. The van der Waals surface area contributed by atoms with Gasteiger partial charge in [-0.25, -0.2) is 0 Å². The molecule has 0 spiro atoms. The van der Waals surface area contributed by atoms with Crippen LogP contribution >= 0.6 is 0 Å². The topological polar surface area (TPSA) is 12.4 Å². The molecule has 1 atom stereocenters. The molecule has 1 unspecified atom stereocenters. The standard InChI is InChI=1S/C12H15N/c1-9(2)10(3)11-7-5-6-8-12(11)13-4/h5-8,10H,1,4H2,2-3H3. The van der Waals surface area contributed by atoms with Crippen LogP contribution in [0.4, 0.5) is 5.69 Å². The summed E-state index contributed by atoms with van der Waals surface area (Å²) in [5.74, 6) is 0.349. The van der Waals surface area contributed by atoms with Gasteiger partial charge in [0, 0.05) is 5.92 Å². The average Bonchev–Trinajstić information content (AvgIpc) is 2.16. The molecule has 0 aliphatic rings. The van der Waals surface area contributed by atoms with Crippen LogP contribution in [0.1, 0.15) is 25.3 Å². The van der Waals surface area contributed by atoms with Gasteiger partial charge in [0.1, 0.15) is 0 Å². The minimum Gasteiger partial charge on any atom is -0.264 e. The van der Waals surface area contributed by atoms with Crippen LogP contribution in [0.5, 0.6) is 0 Å². The van der Waals surface area contributed by atoms with E-state index in [1.165, 1.54) is 5.56 Å². The molecule has 0 N–H and O–H groups in total. The number of hydrogen-bond donors (Lipinski definition) is 0. The van der Waals surface area contributed by atoms with Crippen LogP contribution in [0.3, 0.4) is 0 Å². The Balaban J connectivity index is 3.12. The second kappa shape index (κ2) is 4.04. The molecule has 1 aromatic carbocycles. The molecule has 0 heterocycles. The van der Waals surface area contributed by atoms with Crippen molar-refractivity contribution in [3.8, 4) is 0 Å². The Morgan fingerprint density at radius 1 is 1.38 bits per heavy atom. The predicted octanol–water partition coefficient (Wildman–Crippen LogP) is 3.70. The van der Waals surface area contributed by atoms with Gasteiger partial charge in [0.15, 0.2) is 0 Å². The van der Waals surface area contributed by atoms with E-state index in [-0.39, 0.29) is 0 Å². The first-order chi connectivity index (χ1) is 6.16. The molecule has 0 radical (unpaired) electrons. The highest BCUT2D eigenvalue weighted by molar-refractivity contribution is 5.54. The van der Waals surface area contributed by atoms with Gasteiger partial charge in [-0.2, -0.15) is 0 Å². The Labute approximate surface area is 79.8 Å². The van der Waals surface area contributed by atoms with Crippen molar-refractivity contribution in [2.24, 2.45) is 4.99 Å². The summed E-state index contributed by atoms with van der Waals surface area (Å²) < 4.78 is 0. The van der Waals surface area contributed by atoms with Crippen molar-refractivity contribution in [1.29, 1.82) is 0 Å². The molecule has 1 heteroatoms. The van der Waals surface area contributed by atoms with E-state index < -0.39 is 0 Å². The van der Waals surface area contributed by atoms with Crippen LogP contribution in [0.15, 0.2) is 41.4 Å². The van der Waals surface area contributed by atoms with Crippen molar-refractivity contribution in [3.63, 3.8) is 0 Å². The lowest BCUT2D eigenvalue weighted by Gasteiger charge is -2.13. The third kappa shape index (κ3) is 2.05. The molecular formula is C12H15N. The summed E-state index contributed by atoms with van der Waals surface area (Å²) in [5, 5.41) is 0. The quantitative estimate of drug-likeness (QED) is 0.488. The van der Waals surface area contributed by atoms with Gasteiger partial charge >= 0.3 is 0 Å². The molecule has 0 fully saturated rings. The van der Waals surface area contributed by atoms with Crippen molar-refractivity contribution in [2.75, 3.05) is 0 Å². The molecule has 68 valence electrons. The second-order valence-electron chi connectivity index (χ2n) is 3.28. The molecule has 1 aromatic rings. The SMILES string of the molecule is C=Nc1ccccc1C(C)C(=C)C. The first kappa shape index (κ1) is 9.72. The van der Waals surface area contributed by atoms with Crippen molar-refractivity contribution < 1.29 is 0 Å². The van der Waals surface area contributed by atoms with Crippen LogP contribution < -0.4 is 0 Å². The molecule has 1 rings (SSSR count). The fourth-order valence-electron chi connectivity index (χ4n) is 1.26. The smallest absolute Gasteiger partial charge is 0.0660 e. The van der Waals surface area contributed by atoms with E-state index in [1.807, 2.05) is 25.1 Å². The summed E-state index contributed by atoms with van der Waals surface area (Å²) in [6.07, 6.45) is 0. The summed E-state index contributed by atoms with van der Waals surface area (Å²) >= 11 is 0. The van der Waals surface area contributed by atoms with Gasteiger partial charge in [0.2, 0.25) is 0 Å². The number of hydrogen-bond acceptors (Lipinski definition) is 1. The number of nitrogens with zero attached hydrogens (tertiary/aromatic N) is 1. The maximum atomic E-state index is 3.98. The van der Waals surface area contributed by atoms with Gasteiger partial charge in [-0.3, -0.25) is 4.99 Å². The number of rotatable bonds is 3. The van der Waals surface area contributed by atoms with Crippen LogP contribution in [0, 0.1) is 0 Å². The third-order valence-electron chi connectivity index (χ3n) is 2.31. The third-order valence-corrected chi connectivity index (χ3v) is 2.31. The summed E-state index contributed by atoms with van der Waals surface area (Å²) in [7, 11) is 0. The highest BCUT2D eigenvalue weighted by Crippen LogP contribution is 2.30. The highest BCUT2D eigenvalue weighted by atomic mass is 14.7. The zero-order valence-electron chi connectivity index (χ0n) is 8.25. The van der Waals surface area contributed by atoms with E-state index >= 15 is 0 Å². The van der Waals surface area contributed by atoms with Gasteiger partial charge < -0.3 is 0 Å². The van der Waals surface area contributed by atoms with Crippen molar-refractivity contribution in [1.82, 2.24) is 0 Å². The lowest BCUT2D eigenvalue weighted by molar-refractivity contribution is 0.899. The minimum absolute atomic E-state index is 0.349. The van der Waals surface area contributed by atoms with Crippen molar-refractivity contribution in [3.05, 3.63) is 42.0 Å². The molecule has 0 aliphatic heterocycles. The van der Waals surface area contributed by atoms with E-state index in [1.54, 1.807) is 0 Å². The van der Waals surface area contributed by atoms with Gasteiger partial charge in [0.05, 0.1) is 5.69 Å². The molecule has 0 amide bonds. The van der Waals surface area contributed by atoms with Gasteiger partial charge in [0.25, 0.3) is 0 Å². The molecule has 1 nitrogen and oxygen atoms in total. The van der Waals surface area contributed by atoms with Crippen LogP contribution in [-0.2, 0) is 0 Å². The highest BCUT2D eigenvalue weighted by Gasteiger charge is 2.08. The normalized spacial score (nSPS) is 12.2. The Morgan fingerprint density at radius 3 is 2.54 bits per heavy atom. The van der Waals surface area contributed by atoms with Crippen LogP contribution in [0.2, 0.25) is 0 Å². The maximum Gasteiger partial charge on any atom is 0.0660 e. The molecule has 0 saturated carbocycles. The molecule has 0 saturated heterocycles. The molecule has 0 aliphatic carbocycles. The molecular weight excluding hydrogens is 158 g/mol. The second-order valence-corrected chi connectivity index (χ2v) is 3.28. The Morgan fingerprint density at radius 2 is 2.00 bits per heavy atom. The molecule has 0 bridgehead atoms. The molecule has 13 heavy (non-hydrogen) atoms. The number of allylic oxidation sites excluding steroid dienone is 1. The largest absolute Gasteiger partial charge is 0.264 e. The first-order valence-electron chi connectivity index (χ1n) is 4.38. The fourth-order valence-corrected chi connectivity index (χ4v) is 1.26. The number of benzene rings is 1. The zero-order chi connectivity index (χ0) is 9.84. The number of para-hydroxylation sites is 1. The monoisotopic (exact) mass is 173 g/mol. The lowest BCUT2D eigenvalue weighted by Crippen LogP contribution is -1.93. The Kier molecular flexibility index (Phi) is 3.02.